The topological polar surface area (TPSA) is 79.4 Å². The van der Waals surface area contributed by atoms with Gasteiger partial charge in [-0.2, -0.15) is 0 Å². The summed E-state index contributed by atoms with van der Waals surface area (Å²) in [6.07, 6.45) is 2.22. The Morgan fingerprint density at radius 1 is 1.33 bits per heavy atom. The van der Waals surface area contributed by atoms with E-state index in [2.05, 4.69) is 10.3 Å². The van der Waals surface area contributed by atoms with Crippen LogP contribution in [-0.4, -0.2) is 37.2 Å². The summed E-state index contributed by atoms with van der Waals surface area (Å²) >= 11 is 1.38. The molecule has 0 aliphatic carbocycles. The molecule has 0 saturated heterocycles. The second-order valence-corrected chi connectivity index (χ2v) is 8.49. The van der Waals surface area contributed by atoms with E-state index in [1.165, 1.54) is 30.5 Å². The molecule has 0 atom stereocenters. The third-order valence-corrected chi connectivity index (χ3v) is 5.97. The van der Waals surface area contributed by atoms with E-state index in [9.17, 15) is 17.6 Å². The highest BCUT2D eigenvalue weighted by atomic mass is 32.2. The minimum absolute atomic E-state index is 0.0223. The lowest BCUT2D eigenvalue weighted by molar-refractivity contribution is -0.116. The minimum Gasteiger partial charge on any atom is -0.302 e. The molecule has 0 aliphatic rings. The van der Waals surface area contributed by atoms with Crippen LogP contribution in [0.1, 0.15) is 17.7 Å². The average molecular weight is 371 g/mol. The summed E-state index contributed by atoms with van der Waals surface area (Å²) in [6, 6.07) is 4.64. The lowest BCUT2D eigenvalue weighted by atomic mass is 10.3. The van der Waals surface area contributed by atoms with Crippen LogP contribution in [0.3, 0.4) is 0 Å². The Morgan fingerprint density at radius 2 is 2.00 bits per heavy atom. The smallest absolute Gasteiger partial charge is 0.242 e. The summed E-state index contributed by atoms with van der Waals surface area (Å²) in [5.74, 6) is -0.706. The predicted octanol–water partition coefficient (Wildman–Crippen LogP) is 2.63. The second kappa shape index (κ2) is 7.82. The number of rotatable bonds is 7. The molecule has 1 N–H and O–H groups in total. The normalized spacial score (nSPS) is 11.7. The predicted molar refractivity (Wildman–Crippen MR) is 90.9 cm³/mol. The van der Waals surface area contributed by atoms with Crippen molar-refractivity contribution in [1.82, 2.24) is 9.29 Å². The van der Waals surface area contributed by atoms with Crippen molar-refractivity contribution in [2.45, 2.75) is 24.7 Å². The molecule has 0 bridgehead atoms. The Labute approximate surface area is 144 Å². The van der Waals surface area contributed by atoms with Crippen molar-refractivity contribution in [3.63, 3.8) is 0 Å². The largest absolute Gasteiger partial charge is 0.302 e. The van der Waals surface area contributed by atoms with Crippen LogP contribution in [0.25, 0.3) is 0 Å². The Kier molecular flexibility index (Phi) is 6.03. The number of hydrogen-bond donors (Lipinski definition) is 1. The molecular weight excluding hydrogens is 353 g/mol. The summed E-state index contributed by atoms with van der Waals surface area (Å²) in [4.78, 5) is 16.9. The Hall–Kier alpha value is -1.84. The van der Waals surface area contributed by atoms with E-state index in [4.69, 9.17) is 0 Å². The van der Waals surface area contributed by atoms with E-state index in [0.717, 1.165) is 21.3 Å². The number of nitrogens with one attached hydrogen (secondary N) is 1. The van der Waals surface area contributed by atoms with Gasteiger partial charge in [0.15, 0.2) is 5.13 Å². The fourth-order valence-corrected chi connectivity index (χ4v) is 3.85. The van der Waals surface area contributed by atoms with Gasteiger partial charge in [-0.25, -0.2) is 22.1 Å². The van der Waals surface area contributed by atoms with Gasteiger partial charge in [-0.1, -0.05) is 0 Å². The van der Waals surface area contributed by atoms with Crippen LogP contribution in [-0.2, 0) is 14.8 Å². The molecule has 130 valence electrons. The number of halogens is 1. The number of amides is 1. The molecule has 1 amide bonds. The van der Waals surface area contributed by atoms with Gasteiger partial charge in [0.2, 0.25) is 15.9 Å². The minimum atomic E-state index is -3.68. The summed E-state index contributed by atoms with van der Waals surface area (Å²) in [7, 11) is -2.25. The Bertz CT molecular complexity index is 804. The van der Waals surface area contributed by atoms with E-state index >= 15 is 0 Å². The number of carbonyl (C=O) groups excluding carboxylic acids is 1. The van der Waals surface area contributed by atoms with Crippen molar-refractivity contribution in [3.8, 4) is 0 Å². The zero-order valence-electron chi connectivity index (χ0n) is 13.3. The Balaban J connectivity index is 1.84. The molecule has 0 radical (unpaired) electrons. The number of aryl methyl sites for hydroxylation is 1. The van der Waals surface area contributed by atoms with Gasteiger partial charge < -0.3 is 5.32 Å². The highest BCUT2D eigenvalue weighted by molar-refractivity contribution is 7.89. The van der Waals surface area contributed by atoms with E-state index < -0.39 is 15.8 Å². The maximum atomic E-state index is 12.9. The van der Waals surface area contributed by atoms with Crippen LogP contribution in [0.15, 0.2) is 35.4 Å². The Morgan fingerprint density at radius 3 is 2.58 bits per heavy atom. The van der Waals surface area contributed by atoms with Crippen molar-refractivity contribution in [3.05, 3.63) is 41.2 Å². The first-order chi connectivity index (χ1) is 11.3. The standard InChI is InChI=1S/C15H18FN3O3S2/c1-11-10-17-15(23-11)18-14(20)4-3-9-19(2)24(21,22)13-7-5-12(16)6-8-13/h5-8,10H,3-4,9H2,1-2H3,(H,17,18,20). The zero-order chi connectivity index (χ0) is 17.7. The fraction of sp³-hybridized carbons (Fsp3) is 0.333. The lowest BCUT2D eigenvalue weighted by Gasteiger charge is -2.16. The summed E-state index contributed by atoms with van der Waals surface area (Å²) in [6.45, 7) is 2.08. The monoisotopic (exact) mass is 371 g/mol. The number of sulfonamides is 1. The number of aromatic nitrogens is 1. The fourth-order valence-electron chi connectivity index (χ4n) is 1.96. The number of thiazole rings is 1. The highest BCUT2D eigenvalue weighted by Crippen LogP contribution is 2.17. The summed E-state index contributed by atoms with van der Waals surface area (Å²) in [5.41, 5.74) is 0. The van der Waals surface area contributed by atoms with Crippen molar-refractivity contribution >= 4 is 32.4 Å². The van der Waals surface area contributed by atoms with E-state index in [1.54, 1.807) is 6.20 Å². The number of nitrogens with zero attached hydrogens (tertiary/aromatic N) is 2. The van der Waals surface area contributed by atoms with Gasteiger partial charge in [-0.3, -0.25) is 4.79 Å². The second-order valence-electron chi connectivity index (χ2n) is 5.21. The third-order valence-electron chi connectivity index (χ3n) is 3.27. The van der Waals surface area contributed by atoms with Crippen molar-refractivity contribution in [2.24, 2.45) is 0 Å². The molecule has 2 rings (SSSR count). The first kappa shape index (κ1) is 18.5. The van der Waals surface area contributed by atoms with E-state index in [0.29, 0.717) is 11.6 Å². The molecule has 6 nitrogen and oxygen atoms in total. The first-order valence-corrected chi connectivity index (χ1v) is 9.49. The molecule has 1 aromatic carbocycles. The van der Waals surface area contributed by atoms with E-state index in [1.807, 2.05) is 6.92 Å². The summed E-state index contributed by atoms with van der Waals surface area (Å²) < 4.78 is 38.7. The third kappa shape index (κ3) is 4.83. The highest BCUT2D eigenvalue weighted by Gasteiger charge is 2.20. The summed E-state index contributed by atoms with van der Waals surface area (Å²) in [5, 5.41) is 3.20. The van der Waals surface area contributed by atoms with Crippen molar-refractivity contribution < 1.29 is 17.6 Å². The number of anilines is 1. The molecule has 1 heterocycles. The van der Waals surface area contributed by atoms with Crippen molar-refractivity contribution in [1.29, 1.82) is 0 Å². The first-order valence-electron chi connectivity index (χ1n) is 7.23. The molecule has 2 aromatic rings. The lowest BCUT2D eigenvalue weighted by Crippen LogP contribution is -2.28. The molecule has 0 saturated carbocycles. The van der Waals surface area contributed by atoms with Crippen LogP contribution >= 0.6 is 11.3 Å². The van der Waals surface area contributed by atoms with Gasteiger partial charge in [-0.05, 0) is 37.6 Å². The SMILES string of the molecule is Cc1cnc(NC(=O)CCCN(C)S(=O)(=O)c2ccc(F)cc2)s1. The van der Waals surface area contributed by atoms with Crippen molar-refractivity contribution in [2.75, 3.05) is 18.9 Å². The van der Waals surface area contributed by atoms with Gasteiger partial charge >= 0.3 is 0 Å². The van der Waals surface area contributed by atoms with Gasteiger partial charge in [0.1, 0.15) is 5.82 Å². The van der Waals surface area contributed by atoms with E-state index in [-0.39, 0.29) is 23.8 Å². The number of benzene rings is 1. The van der Waals surface area contributed by atoms with Crippen LogP contribution < -0.4 is 5.32 Å². The van der Waals surface area contributed by atoms with Crippen LogP contribution in [0, 0.1) is 12.7 Å². The van der Waals surface area contributed by atoms with Gasteiger partial charge in [0.25, 0.3) is 0 Å². The quantitative estimate of drug-likeness (QED) is 0.811. The van der Waals surface area contributed by atoms with Crippen LogP contribution in [0.4, 0.5) is 9.52 Å². The maximum absolute atomic E-state index is 12.9. The molecule has 9 heteroatoms. The molecule has 1 aromatic heterocycles. The van der Waals surface area contributed by atoms with Crippen LogP contribution in [0.2, 0.25) is 0 Å². The molecule has 0 fully saturated rings. The van der Waals surface area contributed by atoms with Crippen LogP contribution in [0.5, 0.6) is 0 Å². The molecule has 0 aliphatic heterocycles. The van der Waals surface area contributed by atoms with Gasteiger partial charge in [0.05, 0.1) is 4.90 Å². The van der Waals surface area contributed by atoms with Gasteiger partial charge in [0, 0.05) is 31.1 Å². The molecule has 0 spiro atoms. The maximum Gasteiger partial charge on any atom is 0.242 e. The molecule has 24 heavy (non-hydrogen) atoms. The average Bonchev–Trinajstić information content (AvgIpc) is 2.92. The molecule has 0 unspecified atom stereocenters. The molecular formula is C15H18FN3O3S2. The number of hydrogen-bond acceptors (Lipinski definition) is 5. The zero-order valence-corrected chi connectivity index (χ0v) is 15.0. The number of carbonyl (C=O) groups is 1. The van der Waals surface area contributed by atoms with Gasteiger partial charge in [-0.15, -0.1) is 11.3 Å².